The molecular weight excluding hydrogens is 170 g/mol. The Labute approximate surface area is 80.9 Å². The Morgan fingerprint density at radius 2 is 2.17 bits per heavy atom. The van der Waals surface area contributed by atoms with E-state index in [1.54, 1.807) is 0 Å². The summed E-state index contributed by atoms with van der Waals surface area (Å²) in [5.41, 5.74) is 0. The quantitative estimate of drug-likeness (QED) is 0.671. The highest BCUT2D eigenvalue weighted by molar-refractivity contribution is 6.20. The van der Waals surface area contributed by atoms with Crippen LogP contribution in [0.1, 0.15) is 33.1 Å². The molecule has 1 N–H and O–H groups in total. The highest BCUT2D eigenvalue weighted by Crippen LogP contribution is 2.28. The van der Waals surface area contributed by atoms with Crippen LogP contribution in [0, 0.1) is 11.8 Å². The van der Waals surface area contributed by atoms with Crippen molar-refractivity contribution in [3.8, 4) is 0 Å². The summed E-state index contributed by atoms with van der Waals surface area (Å²) in [6.07, 6.45) is 3.75. The van der Waals surface area contributed by atoms with Gasteiger partial charge < -0.3 is 5.32 Å². The maximum absolute atomic E-state index is 6.02. The van der Waals surface area contributed by atoms with Crippen molar-refractivity contribution in [3.63, 3.8) is 0 Å². The lowest BCUT2D eigenvalue weighted by atomic mass is 10.1. The van der Waals surface area contributed by atoms with Gasteiger partial charge in [-0.1, -0.05) is 13.8 Å². The highest BCUT2D eigenvalue weighted by atomic mass is 35.5. The van der Waals surface area contributed by atoms with Crippen molar-refractivity contribution in [2.45, 2.75) is 38.5 Å². The monoisotopic (exact) mass is 189 g/mol. The molecule has 1 fully saturated rings. The van der Waals surface area contributed by atoms with Crippen LogP contribution < -0.4 is 5.32 Å². The smallest absolute Gasteiger partial charge is 0.0339 e. The number of alkyl halides is 1. The summed E-state index contributed by atoms with van der Waals surface area (Å²) < 4.78 is 0. The van der Waals surface area contributed by atoms with Crippen LogP contribution >= 0.6 is 11.6 Å². The molecule has 0 radical (unpaired) electrons. The van der Waals surface area contributed by atoms with E-state index in [1.807, 2.05) is 0 Å². The predicted octanol–water partition coefficient (Wildman–Crippen LogP) is 2.64. The summed E-state index contributed by atoms with van der Waals surface area (Å²) in [6.45, 7) is 6.79. The van der Waals surface area contributed by atoms with Crippen molar-refractivity contribution in [2.75, 3.05) is 13.1 Å². The molecule has 1 aliphatic carbocycles. The minimum Gasteiger partial charge on any atom is -0.316 e. The van der Waals surface area contributed by atoms with Gasteiger partial charge in [0, 0.05) is 5.38 Å². The molecule has 1 rings (SSSR count). The minimum atomic E-state index is 0.454. The molecular formula is C10H20ClN. The average molecular weight is 190 g/mol. The summed E-state index contributed by atoms with van der Waals surface area (Å²) >= 11 is 6.02. The van der Waals surface area contributed by atoms with Gasteiger partial charge in [0.1, 0.15) is 0 Å². The van der Waals surface area contributed by atoms with Gasteiger partial charge in [-0.3, -0.25) is 0 Å². The zero-order chi connectivity index (χ0) is 8.97. The first-order valence-electron chi connectivity index (χ1n) is 5.03. The van der Waals surface area contributed by atoms with Crippen LogP contribution in [0.4, 0.5) is 0 Å². The molecule has 0 amide bonds. The zero-order valence-corrected chi connectivity index (χ0v) is 8.90. The molecule has 0 aromatic carbocycles. The van der Waals surface area contributed by atoms with Gasteiger partial charge in [0.2, 0.25) is 0 Å². The number of nitrogens with one attached hydrogen (secondary N) is 1. The van der Waals surface area contributed by atoms with Gasteiger partial charge in [-0.25, -0.2) is 0 Å². The average Bonchev–Trinajstić information content (AvgIpc) is 2.35. The fourth-order valence-electron chi connectivity index (χ4n) is 1.78. The van der Waals surface area contributed by atoms with Gasteiger partial charge in [-0.15, -0.1) is 11.6 Å². The standard InChI is InChI=1S/C10H20ClN/c1-8(2)6-12-7-9-3-4-10(11)5-9/h8-10,12H,3-7H2,1-2H3. The second-order valence-corrected chi connectivity index (χ2v) is 4.95. The van der Waals surface area contributed by atoms with E-state index in [9.17, 15) is 0 Å². The van der Waals surface area contributed by atoms with Crippen molar-refractivity contribution >= 4 is 11.6 Å². The Morgan fingerprint density at radius 1 is 1.42 bits per heavy atom. The summed E-state index contributed by atoms with van der Waals surface area (Å²) in [4.78, 5) is 0. The normalized spacial score (nSPS) is 30.0. The maximum atomic E-state index is 6.02. The second-order valence-electron chi connectivity index (χ2n) is 4.33. The van der Waals surface area contributed by atoms with E-state index in [-0.39, 0.29) is 0 Å². The molecule has 0 spiro atoms. The fraction of sp³-hybridized carbons (Fsp3) is 1.00. The Morgan fingerprint density at radius 3 is 2.67 bits per heavy atom. The Kier molecular flexibility index (Phi) is 4.38. The molecule has 2 heteroatoms. The lowest BCUT2D eigenvalue weighted by Crippen LogP contribution is -2.25. The highest BCUT2D eigenvalue weighted by Gasteiger charge is 2.21. The lowest BCUT2D eigenvalue weighted by molar-refractivity contribution is 0.459. The van der Waals surface area contributed by atoms with E-state index in [1.165, 1.54) is 25.8 Å². The first-order valence-corrected chi connectivity index (χ1v) is 5.47. The molecule has 72 valence electrons. The Hall–Kier alpha value is 0.250. The van der Waals surface area contributed by atoms with Gasteiger partial charge in [-0.2, -0.15) is 0 Å². The third-order valence-corrected chi connectivity index (χ3v) is 2.86. The van der Waals surface area contributed by atoms with Gasteiger partial charge in [0.25, 0.3) is 0 Å². The molecule has 0 bridgehead atoms. The van der Waals surface area contributed by atoms with E-state index >= 15 is 0 Å². The molecule has 0 aliphatic heterocycles. The van der Waals surface area contributed by atoms with Crippen molar-refractivity contribution < 1.29 is 0 Å². The van der Waals surface area contributed by atoms with Crippen LogP contribution in [-0.2, 0) is 0 Å². The predicted molar refractivity (Wildman–Crippen MR) is 54.7 cm³/mol. The lowest BCUT2D eigenvalue weighted by Gasteiger charge is -2.11. The fourth-order valence-corrected chi connectivity index (χ4v) is 2.15. The molecule has 1 aliphatic rings. The van der Waals surface area contributed by atoms with Crippen molar-refractivity contribution in [1.29, 1.82) is 0 Å². The van der Waals surface area contributed by atoms with Crippen LogP contribution in [0.3, 0.4) is 0 Å². The van der Waals surface area contributed by atoms with E-state index in [0.717, 1.165) is 18.4 Å². The van der Waals surface area contributed by atoms with Crippen molar-refractivity contribution in [2.24, 2.45) is 11.8 Å². The second kappa shape index (κ2) is 5.08. The molecule has 2 atom stereocenters. The topological polar surface area (TPSA) is 12.0 Å². The van der Waals surface area contributed by atoms with Crippen LogP contribution in [0.25, 0.3) is 0 Å². The maximum Gasteiger partial charge on any atom is 0.0339 e. The Balaban J connectivity index is 2.00. The van der Waals surface area contributed by atoms with Crippen molar-refractivity contribution in [1.82, 2.24) is 5.32 Å². The SMILES string of the molecule is CC(C)CNCC1CCC(Cl)C1. The first-order chi connectivity index (χ1) is 5.68. The first kappa shape index (κ1) is 10.3. The van der Waals surface area contributed by atoms with Crippen molar-refractivity contribution in [3.05, 3.63) is 0 Å². The third kappa shape index (κ3) is 3.77. The van der Waals surface area contributed by atoms with Gasteiger partial charge in [0.15, 0.2) is 0 Å². The number of hydrogen-bond donors (Lipinski definition) is 1. The summed E-state index contributed by atoms with van der Waals surface area (Å²) in [5, 5.41) is 3.94. The summed E-state index contributed by atoms with van der Waals surface area (Å²) in [7, 11) is 0. The van der Waals surface area contributed by atoms with E-state index in [4.69, 9.17) is 11.6 Å². The Bertz CT molecular complexity index is 125. The summed E-state index contributed by atoms with van der Waals surface area (Å²) in [6, 6.07) is 0. The van der Waals surface area contributed by atoms with Gasteiger partial charge >= 0.3 is 0 Å². The number of halogens is 1. The zero-order valence-electron chi connectivity index (χ0n) is 8.15. The number of rotatable bonds is 4. The van der Waals surface area contributed by atoms with Gasteiger partial charge in [0.05, 0.1) is 0 Å². The van der Waals surface area contributed by atoms with Crippen LogP contribution in [0.2, 0.25) is 0 Å². The third-order valence-electron chi connectivity index (χ3n) is 2.46. The minimum absolute atomic E-state index is 0.454. The molecule has 2 unspecified atom stereocenters. The molecule has 0 aromatic heterocycles. The van der Waals surface area contributed by atoms with E-state index in [2.05, 4.69) is 19.2 Å². The molecule has 0 saturated heterocycles. The largest absolute Gasteiger partial charge is 0.316 e. The van der Waals surface area contributed by atoms with E-state index in [0.29, 0.717) is 5.38 Å². The molecule has 1 saturated carbocycles. The van der Waals surface area contributed by atoms with Crippen LogP contribution in [0.15, 0.2) is 0 Å². The molecule has 0 aromatic rings. The molecule has 12 heavy (non-hydrogen) atoms. The van der Waals surface area contributed by atoms with Gasteiger partial charge in [-0.05, 0) is 44.2 Å². The number of hydrogen-bond acceptors (Lipinski definition) is 1. The molecule has 0 heterocycles. The molecule has 1 nitrogen and oxygen atoms in total. The van der Waals surface area contributed by atoms with E-state index < -0.39 is 0 Å². The van der Waals surface area contributed by atoms with Crippen LogP contribution in [-0.4, -0.2) is 18.5 Å². The van der Waals surface area contributed by atoms with Crippen LogP contribution in [0.5, 0.6) is 0 Å². The summed E-state index contributed by atoms with van der Waals surface area (Å²) in [5.74, 6) is 1.60.